The molecule has 5 nitrogen and oxygen atoms in total. The number of anilines is 1. The molecule has 21 heavy (non-hydrogen) atoms. The van der Waals surface area contributed by atoms with E-state index in [0.29, 0.717) is 12.5 Å². The number of nitrogens with zero attached hydrogens (tertiary/aromatic N) is 3. The predicted molar refractivity (Wildman–Crippen MR) is 86.0 cm³/mol. The zero-order chi connectivity index (χ0) is 15.1. The van der Waals surface area contributed by atoms with Crippen molar-refractivity contribution in [1.29, 1.82) is 0 Å². The minimum atomic E-state index is 0.637. The quantitative estimate of drug-likeness (QED) is 0.836. The standard InChI is InChI=1S/C16H28N4O/c1-4-10-20(12-14-6-8-17-9-7-14)16-18-13(3)11-15(19-16)21-5-2/h11,14,17H,4-10,12H2,1-3H3. The third-order valence-corrected chi connectivity index (χ3v) is 3.82. The van der Waals surface area contributed by atoms with Crippen molar-refractivity contribution in [2.24, 2.45) is 5.92 Å². The summed E-state index contributed by atoms with van der Waals surface area (Å²) >= 11 is 0. The minimum absolute atomic E-state index is 0.637. The second-order valence-electron chi connectivity index (χ2n) is 5.72. The first-order chi connectivity index (χ1) is 10.2. The highest BCUT2D eigenvalue weighted by Gasteiger charge is 2.19. The molecule has 0 atom stereocenters. The van der Waals surface area contributed by atoms with Gasteiger partial charge in [-0.15, -0.1) is 0 Å². The summed E-state index contributed by atoms with van der Waals surface area (Å²) in [5.41, 5.74) is 0.967. The largest absolute Gasteiger partial charge is 0.478 e. The highest BCUT2D eigenvalue weighted by molar-refractivity contribution is 5.34. The number of piperidine rings is 1. The second-order valence-corrected chi connectivity index (χ2v) is 5.72. The van der Waals surface area contributed by atoms with Gasteiger partial charge in [0, 0.05) is 24.8 Å². The van der Waals surface area contributed by atoms with E-state index in [1.54, 1.807) is 0 Å². The van der Waals surface area contributed by atoms with E-state index in [9.17, 15) is 0 Å². The summed E-state index contributed by atoms with van der Waals surface area (Å²) in [5.74, 6) is 2.24. The van der Waals surface area contributed by atoms with E-state index in [2.05, 4.69) is 27.1 Å². The SMILES string of the molecule is CCCN(CC1CCNCC1)c1nc(C)cc(OCC)n1. The lowest BCUT2D eigenvalue weighted by molar-refractivity contribution is 0.325. The second kappa shape index (κ2) is 8.17. The molecule has 0 spiro atoms. The first-order valence-corrected chi connectivity index (χ1v) is 8.17. The Hall–Kier alpha value is -1.36. The molecule has 1 aliphatic rings. The van der Waals surface area contributed by atoms with Crippen LogP contribution in [0.2, 0.25) is 0 Å². The molecule has 0 saturated carbocycles. The molecular formula is C16H28N4O. The Labute approximate surface area is 128 Å². The molecule has 1 fully saturated rings. The molecule has 0 unspecified atom stereocenters. The zero-order valence-electron chi connectivity index (χ0n) is 13.6. The monoisotopic (exact) mass is 292 g/mol. The fraction of sp³-hybridized carbons (Fsp3) is 0.750. The Bertz CT molecular complexity index is 432. The molecule has 1 saturated heterocycles. The lowest BCUT2D eigenvalue weighted by Gasteiger charge is -2.30. The van der Waals surface area contributed by atoms with E-state index >= 15 is 0 Å². The summed E-state index contributed by atoms with van der Waals surface area (Å²) in [4.78, 5) is 11.5. The predicted octanol–water partition coefficient (Wildman–Crippen LogP) is 2.40. The zero-order valence-corrected chi connectivity index (χ0v) is 13.6. The van der Waals surface area contributed by atoms with Crippen LogP contribution >= 0.6 is 0 Å². The Morgan fingerprint density at radius 2 is 2.05 bits per heavy atom. The van der Waals surface area contributed by atoms with Crippen molar-refractivity contribution < 1.29 is 4.74 Å². The number of hydrogen-bond donors (Lipinski definition) is 1. The van der Waals surface area contributed by atoms with Crippen molar-refractivity contribution in [1.82, 2.24) is 15.3 Å². The Morgan fingerprint density at radius 1 is 1.29 bits per heavy atom. The fourth-order valence-electron chi connectivity index (χ4n) is 2.81. The summed E-state index contributed by atoms with van der Waals surface area (Å²) < 4.78 is 5.56. The lowest BCUT2D eigenvalue weighted by Crippen LogP contribution is -2.37. The van der Waals surface area contributed by atoms with Gasteiger partial charge < -0.3 is 15.0 Å². The smallest absolute Gasteiger partial charge is 0.228 e. The molecule has 1 N–H and O–H groups in total. The highest BCUT2D eigenvalue weighted by atomic mass is 16.5. The molecular weight excluding hydrogens is 264 g/mol. The van der Waals surface area contributed by atoms with Gasteiger partial charge in [0.2, 0.25) is 11.8 Å². The lowest BCUT2D eigenvalue weighted by atomic mass is 9.97. The average molecular weight is 292 g/mol. The van der Waals surface area contributed by atoms with Gasteiger partial charge in [-0.1, -0.05) is 6.92 Å². The summed E-state index contributed by atoms with van der Waals surface area (Å²) in [6, 6.07) is 1.90. The Kier molecular flexibility index (Phi) is 6.23. The van der Waals surface area contributed by atoms with Crippen LogP contribution in [0.25, 0.3) is 0 Å². The van der Waals surface area contributed by atoms with Gasteiger partial charge >= 0.3 is 0 Å². The maximum Gasteiger partial charge on any atom is 0.228 e. The van der Waals surface area contributed by atoms with Gasteiger partial charge in [0.15, 0.2) is 0 Å². The van der Waals surface area contributed by atoms with Crippen molar-refractivity contribution in [3.63, 3.8) is 0 Å². The van der Waals surface area contributed by atoms with Gasteiger partial charge in [-0.2, -0.15) is 4.98 Å². The molecule has 118 valence electrons. The van der Waals surface area contributed by atoms with Crippen LogP contribution in [0.4, 0.5) is 5.95 Å². The Balaban J connectivity index is 2.12. The number of nitrogens with one attached hydrogen (secondary N) is 1. The van der Waals surface area contributed by atoms with Crippen LogP contribution in [0.5, 0.6) is 5.88 Å². The van der Waals surface area contributed by atoms with Gasteiger partial charge in [0.1, 0.15) is 0 Å². The summed E-state index contributed by atoms with van der Waals surface area (Å²) in [5, 5.41) is 3.42. The van der Waals surface area contributed by atoms with Gasteiger partial charge in [-0.25, -0.2) is 4.98 Å². The van der Waals surface area contributed by atoms with Crippen molar-refractivity contribution in [2.75, 3.05) is 37.7 Å². The van der Waals surface area contributed by atoms with Gasteiger partial charge in [0.25, 0.3) is 0 Å². The molecule has 0 amide bonds. The molecule has 0 bridgehead atoms. The third-order valence-electron chi connectivity index (χ3n) is 3.82. The number of aromatic nitrogens is 2. The first kappa shape index (κ1) is 16.0. The van der Waals surface area contributed by atoms with Crippen LogP contribution in [-0.4, -0.2) is 42.8 Å². The number of rotatable bonds is 7. The maximum absolute atomic E-state index is 5.56. The van der Waals surface area contributed by atoms with Crippen LogP contribution in [0.1, 0.15) is 38.8 Å². The van der Waals surface area contributed by atoms with E-state index in [1.807, 2.05) is 19.9 Å². The van der Waals surface area contributed by atoms with Gasteiger partial charge in [-0.05, 0) is 52.1 Å². The first-order valence-electron chi connectivity index (χ1n) is 8.17. The summed E-state index contributed by atoms with van der Waals surface area (Å²) in [7, 11) is 0. The fourth-order valence-corrected chi connectivity index (χ4v) is 2.81. The van der Waals surface area contributed by atoms with Crippen LogP contribution in [-0.2, 0) is 0 Å². The van der Waals surface area contributed by atoms with Crippen LogP contribution in [0, 0.1) is 12.8 Å². The van der Waals surface area contributed by atoms with Crippen molar-refractivity contribution in [3.8, 4) is 5.88 Å². The van der Waals surface area contributed by atoms with Crippen molar-refractivity contribution in [2.45, 2.75) is 40.0 Å². The molecule has 2 heterocycles. The molecule has 0 aliphatic carbocycles. The molecule has 5 heteroatoms. The van der Waals surface area contributed by atoms with E-state index in [4.69, 9.17) is 4.74 Å². The molecule has 0 radical (unpaired) electrons. The van der Waals surface area contributed by atoms with Crippen molar-refractivity contribution >= 4 is 5.95 Å². The topological polar surface area (TPSA) is 50.3 Å². The van der Waals surface area contributed by atoms with E-state index in [-0.39, 0.29) is 0 Å². The Morgan fingerprint density at radius 3 is 2.71 bits per heavy atom. The van der Waals surface area contributed by atoms with Crippen LogP contribution < -0.4 is 15.0 Å². The summed E-state index contributed by atoms with van der Waals surface area (Å²) in [6.07, 6.45) is 3.58. The van der Waals surface area contributed by atoms with Crippen molar-refractivity contribution in [3.05, 3.63) is 11.8 Å². The summed E-state index contributed by atoms with van der Waals surface area (Å²) in [6.45, 7) is 11.1. The molecule has 1 aromatic heterocycles. The number of ether oxygens (including phenoxy) is 1. The van der Waals surface area contributed by atoms with Crippen LogP contribution in [0.3, 0.4) is 0 Å². The molecule has 2 rings (SSSR count). The van der Waals surface area contributed by atoms with E-state index in [1.165, 1.54) is 12.8 Å². The third kappa shape index (κ3) is 4.84. The maximum atomic E-state index is 5.56. The molecule has 0 aromatic carbocycles. The highest BCUT2D eigenvalue weighted by Crippen LogP contribution is 2.20. The minimum Gasteiger partial charge on any atom is -0.478 e. The molecule has 1 aliphatic heterocycles. The van der Waals surface area contributed by atoms with Gasteiger partial charge in [0.05, 0.1) is 6.61 Å². The number of aryl methyl sites for hydroxylation is 1. The van der Waals surface area contributed by atoms with Crippen LogP contribution in [0.15, 0.2) is 6.07 Å². The van der Waals surface area contributed by atoms with E-state index < -0.39 is 0 Å². The number of hydrogen-bond acceptors (Lipinski definition) is 5. The normalized spacial score (nSPS) is 16.0. The molecule has 1 aromatic rings. The van der Waals surface area contributed by atoms with Gasteiger partial charge in [-0.3, -0.25) is 0 Å². The van der Waals surface area contributed by atoms with E-state index in [0.717, 1.165) is 50.2 Å². The average Bonchev–Trinajstić information content (AvgIpc) is 2.48.